The van der Waals surface area contributed by atoms with Crippen LogP contribution in [0.15, 0.2) is 22.6 Å². The number of aryl methyl sites for hydroxylation is 3. The van der Waals surface area contributed by atoms with E-state index in [0.717, 1.165) is 54.7 Å². The number of rotatable bonds is 3. The van der Waals surface area contributed by atoms with Gasteiger partial charge in [-0.25, -0.2) is 0 Å². The highest BCUT2D eigenvalue weighted by Crippen LogP contribution is 2.25. The molecule has 0 aliphatic carbocycles. The first-order valence-electron chi connectivity index (χ1n) is 8.86. The Labute approximate surface area is 148 Å². The van der Waals surface area contributed by atoms with Crippen molar-refractivity contribution >= 4 is 11.7 Å². The number of hydrogen-bond acceptors (Lipinski definition) is 5. The van der Waals surface area contributed by atoms with Crippen LogP contribution in [0.2, 0.25) is 0 Å². The zero-order chi connectivity index (χ0) is 18.0. The van der Waals surface area contributed by atoms with E-state index in [1.807, 2.05) is 50.8 Å². The van der Waals surface area contributed by atoms with Gasteiger partial charge in [0.05, 0.1) is 11.6 Å². The maximum Gasteiger partial charge on any atom is 0.230 e. The molecular weight excluding hydrogens is 316 g/mol. The maximum atomic E-state index is 12.9. The van der Waals surface area contributed by atoms with Crippen LogP contribution in [0, 0.1) is 20.8 Å². The number of carbonyl (C=O) groups excluding carboxylic acids is 1. The van der Waals surface area contributed by atoms with Crippen molar-refractivity contribution in [2.45, 2.75) is 40.0 Å². The fourth-order valence-corrected chi connectivity index (χ4v) is 3.41. The Morgan fingerprint density at radius 3 is 2.56 bits per heavy atom. The number of carbonyl (C=O) groups is 1. The van der Waals surface area contributed by atoms with Crippen LogP contribution in [0.3, 0.4) is 0 Å². The third-order valence-electron chi connectivity index (χ3n) is 4.83. The zero-order valence-electron chi connectivity index (χ0n) is 15.5. The van der Waals surface area contributed by atoms with Crippen molar-refractivity contribution in [3.63, 3.8) is 0 Å². The van der Waals surface area contributed by atoms with Gasteiger partial charge in [0.25, 0.3) is 0 Å². The van der Waals surface area contributed by atoms with Gasteiger partial charge in [0, 0.05) is 31.7 Å². The molecule has 6 heteroatoms. The van der Waals surface area contributed by atoms with Crippen molar-refractivity contribution in [3.05, 3.63) is 41.0 Å². The SMILES string of the molecule is Cc1ccc(N2CCCN(C(=O)C(C)c3cc(C)oc3C)CC2)nn1. The van der Waals surface area contributed by atoms with E-state index in [1.165, 1.54) is 0 Å². The molecule has 0 N–H and O–H groups in total. The molecule has 0 saturated carbocycles. The summed E-state index contributed by atoms with van der Waals surface area (Å²) in [7, 11) is 0. The smallest absolute Gasteiger partial charge is 0.230 e. The van der Waals surface area contributed by atoms with Gasteiger partial charge in [-0.2, -0.15) is 5.10 Å². The monoisotopic (exact) mass is 342 g/mol. The first-order valence-corrected chi connectivity index (χ1v) is 8.86. The lowest BCUT2D eigenvalue weighted by Crippen LogP contribution is -2.37. The van der Waals surface area contributed by atoms with Crippen LogP contribution in [0.4, 0.5) is 5.82 Å². The molecule has 0 bridgehead atoms. The first kappa shape index (κ1) is 17.5. The molecule has 1 fully saturated rings. The van der Waals surface area contributed by atoms with Gasteiger partial charge in [0.2, 0.25) is 5.91 Å². The van der Waals surface area contributed by atoms with Gasteiger partial charge in [-0.3, -0.25) is 4.79 Å². The zero-order valence-corrected chi connectivity index (χ0v) is 15.5. The minimum absolute atomic E-state index is 0.167. The summed E-state index contributed by atoms with van der Waals surface area (Å²) in [6.07, 6.45) is 0.928. The summed E-state index contributed by atoms with van der Waals surface area (Å²) in [5.41, 5.74) is 1.91. The number of anilines is 1. The van der Waals surface area contributed by atoms with E-state index in [2.05, 4.69) is 15.1 Å². The van der Waals surface area contributed by atoms with Crippen LogP contribution < -0.4 is 4.90 Å². The second-order valence-electron chi connectivity index (χ2n) is 6.79. The third-order valence-corrected chi connectivity index (χ3v) is 4.83. The average Bonchev–Trinajstić information content (AvgIpc) is 2.79. The highest BCUT2D eigenvalue weighted by atomic mass is 16.3. The van der Waals surface area contributed by atoms with Crippen LogP contribution in [0.25, 0.3) is 0 Å². The summed E-state index contributed by atoms with van der Waals surface area (Å²) >= 11 is 0. The Kier molecular flexibility index (Phi) is 5.06. The van der Waals surface area contributed by atoms with E-state index in [-0.39, 0.29) is 11.8 Å². The molecule has 1 aliphatic heterocycles. The lowest BCUT2D eigenvalue weighted by molar-refractivity contribution is -0.132. The fraction of sp³-hybridized carbons (Fsp3) is 0.526. The minimum atomic E-state index is -0.178. The molecule has 2 aromatic rings. The summed E-state index contributed by atoms with van der Waals surface area (Å²) in [5, 5.41) is 8.41. The molecule has 2 aromatic heterocycles. The van der Waals surface area contributed by atoms with E-state index in [4.69, 9.17) is 4.42 Å². The van der Waals surface area contributed by atoms with Crippen LogP contribution in [0.1, 0.15) is 42.0 Å². The van der Waals surface area contributed by atoms with Crippen LogP contribution in [-0.2, 0) is 4.79 Å². The second-order valence-corrected chi connectivity index (χ2v) is 6.79. The van der Waals surface area contributed by atoms with Crippen LogP contribution >= 0.6 is 0 Å². The molecule has 1 saturated heterocycles. The Hall–Kier alpha value is -2.37. The van der Waals surface area contributed by atoms with Crippen molar-refractivity contribution in [2.75, 3.05) is 31.1 Å². The predicted molar refractivity (Wildman–Crippen MR) is 96.8 cm³/mol. The van der Waals surface area contributed by atoms with Crippen LogP contribution in [0.5, 0.6) is 0 Å². The summed E-state index contributed by atoms with van der Waals surface area (Å²) in [6, 6.07) is 5.95. The molecule has 25 heavy (non-hydrogen) atoms. The standard InChI is InChI=1S/C19H26N4O2/c1-13-6-7-18(21-20-13)22-8-5-9-23(11-10-22)19(24)15(3)17-12-14(2)25-16(17)4/h6-7,12,15H,5,8-11H2,1-4H3. The van der Waals surface area contributed by atoms with Gasteiger partial charge in [-0.1, -0.05) is 0 Å². The summed E-state index contributed by atoms with van der Waals surface area (Å²) in [4.78, 5) is 17.1. The molecule has 1 aliphatic rings. The molecule has 0 radical (unpaired) electrons. The van der Waals surface area contributed by atoms with E-state index in [1.54, 1.807) is 0 Å². The highest BCUT2D eigenvalue weighted by Gasteiger charge is 2.27. The number of aromatic nitrogens is 2. The third kappa shape index (κ3) is 3.83. The minimum Gasteiger partial charge on any atom is -0.466 e. The Morgan fingerprint density at radius 1 is 1.12 bits per heavy atom. The predicted octanol–water partition coefficient (Wildman–Crippen LogP) is 2.84. The van der Waals surface area contributed by atoms with E-state index in [0.29, 0.717) is 6.54 Å². The molecule has 6 nitrogen and oxygen atoms in total. The molecule has 1 atom stereocenters. The maximum absolute atomic E-state index is 12.9. The summed E-state index contributed by atoms with van der Waals surface area (Å²) in [5.74, 6) is 2.56. The van der Waals surface area contributed by atoms with Crippen molar-refractivity contribution < 1.29 is 9.21 Å². The Bertz CT molecular complexity index is 738. The van der Waals surface area contributed by atoms with E-state index >= 15 is 0 Å². The lowest BCUT2D eigenvalue weighted by atomic mass is 10.00. The van der Waals surface area contributed by atoms with Gasteiger partial charge >= 0.3 is 0 Å². The average molecular weight is 342 g/mol. The number of hydrogen-bond donors (Lipinski definition) is 0. The Morgan fingerprint density at radius 2 is 1.92 bits per heavy atom. The number of furan rings is 1. The Balaban J connectivity index is 1.67. The molecule has 3 rings (SSSR count). The number of nitrogens with zero attached hydrogens (tertiary/aromatic N) is 4. The van der Waals surface area contributed by atoms with Gasteiger partial charge in [-0.05, 0) is 52.3 Å². The molecule has 3 heterocycles. The molecule has 0 aromatic carbocycles. The normalized spacial score (nSPS) is 16.6. The highest BCUT2D eigenvalue weighted by molar-refractivity contribution is 5.83. The molecule has 1 amide bonds. The summed E-state index contributed by atoms with van der Waals surface area (Å²) < 4.78 is 5.59. The van der Waals surface area contributed by atoms with Gasteiger partial charge in [0.15, 0.2) is 5.82 Å². The molecule has 0 spiro atoms. The molecule has 134 valence electrons. The largest absolute Gasteiger partial charge is 0.466 e. The van der Waals surface area contributed by atoms with Crippen molar-refractivity contribution in [3.8, 4) is 0 Å². The summed E-state index contributed by atoms with van der Waals surface area (Å²) in [6.45, 7) is 10.9. The fourth-order valence-electron chi connectivity index (χ4n) is 3.41. The molecule has 1 unspecified atom stereocenters. The topological polar surface area (TPSA) is 62.5 Å². The first-order chi connectivity index (χ1) is 12.0. The lowest BCUT2D eigenvalue weighted by Gasteiger charge is -2.25. The van der Waals surface area contributed by atoms with Crippen molar-refractivity contribution in [1.82, 2.24) is 15.1 Å². The van der Waals surface area contributed by atoms with Crippen LogP contribution in [-0.4, -0.2) is 47.2 Å². The quantitative estimate of drug-likeness (QED) is 0.858. The second kappa shape index (κ2) is 7.25. The van der Waals surface area contributed by atoms with E-state index in [9.17, 15) is 4.79 Å². The molecular formula is C19H26N4O2. The van der Waals surface area contributed by atoms with E-state index < -0.39 is 0 Å². The van der Waals surface area contributed by atoms with Gasteiger partial charge in [-0.15, -0.1) is 5.10 Å². The van der Waals surface area contributed by atoms with Crippen molar-refractivity contribution in [2.24, 2.45) is 0 Å². The van der Waals surface area contributed by atoms with Gasteiger partial charge < -0.3 is 14.2 Å². The number of amides is 1. The van der Waals surface area contributed by atoms with Gasteiger partial charge in [0.1, 0.15) is 11.5 Å². The van der Waals surface area contributed by atoms with Crippen molar-refractivity contribution in [1.29, 1.82) is 0 Å².